The van der Waals surface area contributed by atoms with E-state index >= 15 is 0 Å². The summed E-state index contributed by atoms with van der Waals surface area (Å²) in [7, 11) is 0. The summed E-state index contributed by atoms with van der Waals surface area (Å²) in [5.41, 5.74) is 7.02. The number of nitrogens with zero attached hydrogens (tertiary/aromatic N) is 3. The number of ether oxygens (including phenoxy) is 1. The van der Waals surface area contributed by atoms with Crippen LogP contribution in [0.15, 0.2) is 17.8 Å². The molecule has 2 unspecified atom stereocenters. The molecule has 3 rings (SSSR count). The largest absolute Gasteiger partial charge is 0.374 e. The molecule has 1 aliphatic rings. The van der Waals surface area contributed by atoms with Crippen LogP contribution in [0.4, 0.5) is 0 Å². The van der Waals surface area contributed by atoms with E-state index in [0.717, 1.165) is 36.9 Å². The zero-order valence-corrected chi connectivity index (χ0v) is 11.3. The Hall–Kier alpha value is -0.950. The van der Waals surface area contributed by atoms with Gasteiger partial charge in [0.1, 0.15) is 0 Å². The highest BCUT2D eigenvalue weighted by molar-refractivity contribution is 7.15. The standard InChI is InChI=1S/C12H18N4OS/c1-9(13)11-8-15(2-4-17-11)6-10-7-16-3-5-18-12(16)14-10/h3,5,7,9,11H,2,4,6,8,13H2,1H3. The van der Waals surface area contributed by atoms with Crippen molar-refractivity contribution in [1.29, 1.82) is 0 Å². The molecular formula is C12H18N4OS. The van der Waals surface area contributed by atoms with E-state index < -0.39 is 0 Å². The van der Waals surface area contributed by atoms with Gasteiger partial charge in [-0.2, -0.15) is 0 Å². The lowest BCUT2D eigenvalue weighted by Crippen LogP contribution is -2.49. The molecule has 2 aromatic heterocycles. The molecule has 0 radical (unpaired) electrons. The highest BCUT2D eigenvalue weighted by Gasteiger charge is 2.23. The third-order valence-electron chi connectivity index (χ3n) is 3.29. The maximum Gasteiger partial charge on any atom is 0.193 e. The number of nitrogens with two attached hydrogens (primary N) is 1. The van der Waals surface area contributed by atoms with E-state index in [1.165, 1.54) is 0 Å². The molecule has 5 nitrogen and oxygen atoms in total. The average Bonchev–Trinajstić information content (AvgIpc) is 2.90. The molecule has 1 saturated heterocycles. The normalized spacial score (nSPS) is 23.6. The summed E-state index contributed by atoms with van der Waals surface area (Å²) >= 11 is 1.66. The SMILES string of the molecule is CC(N)C1CN(Cc2cn3ccsc3n2)CCO1. The van der Waals surface area contributed by atoms with E-state index in [1.807, 2.05) is 18.5 Å². The number of fused-ring (bicyclic) bond motifs is 1. The van der Waals surface area contributed by atoms with Crippen molar-refractivity contribution in [3.8, 4) is 0 Å². The van der Waals surface area contributed by atoms with Crippen molar-refractivity contribution in [2.45, 2.75) is 25.6 Å². The predicted octanol–water partition coefficient (Wildman–Crippen LogP) is 0.944. The second kappa shape index (κ2) is 4.97. The number of morpholine rings is 1. The summed E-state index contributed by atoms with van der Waals surface area (Å²) in [6, 6.07) is 0.0818. The second-order valence-electron chi connectivity index (χ2n) is 4.83. The van der Waals surface area contributed by atoms with E-state index in [4.69, 9.17) is 10.5 Å². The molecule has 3 heterocycles. The number of hydrogen-bond acceptors (Lipinski definition) is 5. The molecule has 1 aliphatic heterocycles. The quantitative estimate of drug-likeness (QED) is 0.898. The molecule has 0 spiro atoms. The van der Waals surface area contributed by atoms with Crippen molar-refractivity contribution >= 4 is 16.3 Å². The van der Waals surface area contributed by atoms with E-state index in [1.54, 1.807) is 11.3 Å². The number of thiazole rings is 1. The highest BCUT2D eigenvalue weighted by Crippen LogP contribution is 2.15. The van der Waals surface area contributed by atoms with Gasteiger partial charge in [0.2, 0.25) is 0 Å². The molecule has 0 bridgehead atoms. The number of imidazole rings is 1. The molecule has 1 fully saturated rings. The molecule has 0 aromatic carbocycles. The molecule has 2 atom stereocenters. The van der Waals surface area contributed by atoms with E-state index in [0.29, 0.717) is 0 Å². The lowest BCUT2D eigenvalue weighted by molar-refractivity contribution is -0.0406. The van der Waals surface area contributed by atoms with E-state index in [2.05, 4.69) is 20.5 Å². The molecular weight excluding hydrogens is 248 g/mol. The molecule has 0 saturated carbocycles. The fourth-order valence-electron chi connectivity index (χ4n) is 2.27. The van der Waals surface area contributed by atoms with Gasteiger partial charge in [0.05, 0.1) is 18.4 Å². The van der Waals surface area contributed by atoms with E-state index in [-0.39, 0.29) is 12.1 Å². The van der Waals surface area contributed by atoms with Gasteiger partial charge in [-0.3, -0.25) is 9.30 Å². The van der Waals surface area contributed by atoms with Crippen LogP contribution in [0.5, 0.6) is 0 Å². The second-order valence-corrected chi connectivity index (χ2v) is 5.70. The topological polar surface area (TPSA) is 55.8 Å². The number of aromatic nitrogens is 2. The van der Waals surface area contributed by atoms with Crippen molar-refractivity contribution in [1.82, 2.24) is 14.3 Å². The van der Waals surface area contributed by atoms with Crippen LogP contribution in [-0.2, 0) is 11.3 Å². The van der Waals surface area contributed by atoms with Crippen molar-refractivity contribution in [3.05, 3.63) is 23.5 Å². The van der Waals surface area contributed by atoms with Crippen molar-refractivity contribution in [3.63, 3.8) is 0 Å². The molecule has 2 aromatic rings. The first kappa shape index (κ1) is 12.1. The lowest BCUT2D eigenvalue weighted by atomic mass is 10.1. The maximum absolute atomic E-state index is 5.90. The van der Waals surface area contributed by atoms with Gasteiger partial charge in [-0.1, -0.05) is 0 Å². The fourth-order valence-corrected chi connectivity index (χ4v) is 2.99. The number of rotatable bonds is 3. The zero-order valence-electron chi connectivity index (χ0n) is 10.5. The third kappa shape index (κ3) is 2.42. The molecule has 18 heavy (non-hydrogen) atoms. The minimum absolute atomic E-state index is 0.0818. The van der Waals surface area contributed by atoms with Gasteiger partial charge < -0.3 is 10.5 Å². The minimum atomic E-state index is 0.0818. The van der Waals surface area contributed by atoms with Crippen LogP contribution in [0.25, 0.3) is 4.96 Å². The van der Waals surface area contributed by atoms with Gasteiger partial charge in [-0.05, 0) is 6.92 Å². The Morgan fingerprint density at radius 3 is 3.33 bits per heavy atom. The van der Waals surface area contributed by atoms with Crippen LogP contribution in [0.3, 0.4) is 0 Å². The molecule has 0 aliphatic carbocycles. The molecule has 0 amide bonds. The monoisotopic (exact) mass is 266 g/mol. The van der Waals surface area contributed by atoms with E-state index in [9.17, 15) is 0 Å². The van der Waals surface area contributed by atoms with Crippen LogP contribution in [0.2, 0.25) is 0 Å². The highest BCUT2D eigenvalue weighted by atomic mass is 32.1. The summed E-state index contributed by atoms with van der Waals surface area (Å²) in [5.74, 6) is 0. The van der Waals surface area contributed by atoms with Crippen molar-refractivity contribution < 1.29 is 4.74 Å². The minimum Gasteiger partial charge on any atom is -0.374 e. The summed E-state index contributed by atoms with van der Waals surface area (Å²) in [6.07, 6.45) is 4.28. The first-order valence-corrected chi connectivity index (χ1v) is 7.11. The van der Waals surface area contributed by atoms with Gasteiger partial charge in [0.15, 0.2) is 4.96 Å². The van der Waals surface area contributed by atoms with Gasteiger partial charge >= 0.3 is 0 Å². The Kier molecular flexibility index (Phi) is 3.34. The first-order valence-electron chi connectivity index (χ1n) is 6.23. The molecule has 98 valence electrons. The van der Waals surface area contributed by atoms with Crippen LogP contribution >= 0.6 is 11.3 Å². The van der Waals surface area contributed by atoms with Gasteiger partial charge in [0.25, 0.3) is 0 Å². The molecule has 2 N–H and O–H groups in total. The number of hydrogen-bond donors (Lipinski definition) is 1. The predicted molar refractivity (Wildman–Crippen MR) is 71.7 cm³/mol. The summed E-state index contributed by atoms with van der Waals surface area (Å²) in [4.78, 5) is 8.03. The van der Waals surface area contributed by atoms with Crippen LogP contribution in [0, 0.1) is 0 Å². The summed E-state index contributed by atoms with van der Waals surface area (Å²) in [6.45, 7) is 5.48. The first-order chi connectivity index (χ1) is 8.72. The van der Waals surface area contributed by atoms with Crippen molar-refractivity contribution in [2.75, 3.05) is 19.7 Å². The Morgan fingerprint density at radius 1 is 1.67 bits per heavy atom. The Labute approximate surface area is 110 Å². The Bertz CT molecular complexity index is 492. The third-order valence-corrected chi connectivity index (χ3v) is 4.06. The average molecular weight is 266 g/mol. The fraction of sp³-hybridized carbons (Fsp3) is 0.583. The van der Waals surface area contributed by atoms with Crippen LogP contribution in [0.1, 0.15) is 12.6 Å². The van der Waals surface area contributed by atoms with Gasteiger partial charge in [-0.15, -0.1) is 11.3 Å². The summed E-state index contributed by atoms with van der Waals surface area (Å²) < 4.78 is 7.73. The Morgan fingerprint density at radius 2 is 2.56 bits per heavy atom. The summed E-state index contributed by atoms with van der Waals surface area (Å²) in [5, 5.41) is 2.05. The van der Waals surface area contributed by atoms with Crippen LogP contribution < -0.4 is 5.73 Å². The van der Waals surface area contributed by atoms with Crippen LogP contribution in [-0.4, -0.2) is 46.1 Å². The van der Waals surface area contributed by atoms with Gasteiger partial charge in [0, 0.05) is 43.4 Å². The maximum atomic E-state index is 5.90. The zero-order chi connectivity index (χ0) is 12.5. The smallest absolute Gasteiger partial charge is 0.193 e. The van der Waals surface area contributed by atoms with Crippen molar-refractivity contribution in [2.24, 2.45) is 5.73 Å². The Balaban J connectivity index is 1.67. The lowest BCUT2D eigenvalue weighted by Gasteiger charge is -2.34. The molecule has 6 heteroatoms. The van der Waals surface area contributed by atoms with Gasteiger partial charge in [-0.25, -0.2) is 4.98 Å².